The van der Waals surface area contributed by atoms with Crippen molar-refractivity contribution in [3.05, 3.63) is 24.0 Å². The van der Waals surface area contributed by atoms with E-state index in [0.717, 1.165) is 45.0 Å². The lowest BCUT2D eigenvalue weighted by atomic mass is 10.2. The average Bonchev–Trinajstić information content (AvgIpc) is 2.48. The Balaban J connectivity index is 1.87. The monoisotopic (exact) mass is 291 g/mol. The van der Waals surface area contributed by atoms with Crippen molar-refractivity contribution in [2.24, 2.45) is 0 Å². The van der Waals surface area contributed by atoms with E-state index >= 15 is 0 Å². The maximum absolute atomic E-state index is 12.3. The van der Waals surface area contributed by atoms with Crippen LogP contribution in [0.3, 0.4) is 0 Å². The molecule has 1 aromatic heterocycles. The van der Waals surface area contributed by atoms with E-state index in [0.29, 0.717) is 5.69 Å². The molecular weight excluding hydrogens is 266 g/mol. The molecule has 1 N–H and O–H groups in total. The number of nitrogens with one attached hydrogen (secondary N) is 1. The highest BCUT2D eigenvalue weighted by molar-refractivity contribution is 5.92. The highest BCUT2D eigenvalue weighted by Crippen LogP contribution is 2.09. The number of anilines is 1. The Morgan fingerprint density at radius 2 is 2.00 bits per heavy atom. The fourth-order valence-corrected chi connectivity index (χ4v) is 2.22. The molecule has 116 valence electrons. The molecular formula is C15H25N5O. The van der Waals surface area contributed by atoms with Crippen LogP contribution in [0.25, 0.3) is 0 Å². The number of rotatable bonds is 5. The smallest absolute Gasteiger partial charge is 0.272 e. The van der Waals surface area contributed by atoms with E-state index in [4.69, 9.17) is 0 Å². The zero-order chi connectivity index (χ0) is 15.2. The van der Waals surface area contributed by atoms with Gasteiger partial charge in [-0.1, -0.05) is 0 Å². The van der Waals surface area contributed by atoms with Gasteiger partial charge in [-0.05, 0) is 33.3 Å². The molecule has 0 atom stereocenters. The van der Waals surface area contributed by atoms with Gasteiger partial charge in [0.05, 0.1) is 11.9 Å². The van der Waals surface area contributed by atoms with E-state index in [1.807, 2.05) is 25.1 Å². The van der Waals surface area contributed by atoms with Crippen LogP contribution in [-0.4, -0.2) is 86.0 Å². The van der Waals surface area contributed by atoms with Crippen molar-refractivity contribution in [2.75, 3.05) is 65.7 Å². The third kappa shape index (κ3) is 4.68. The lowest BCUT2D eigenvalue weighted by Gasteiger charge is -2.32. The Morgan fingerprint density at radius 3 is 2.57 bits per heavy atom. The largest absolute Gasteiger partial charge is 0.383 e. The van der Waals surface area contributed by atoms with Crippen molar-refractivity contribution in [1.82, 2.24) is 19.7 Å². The molecule has 2 heterocycles. The molecule has 0 radical (unpaired) electrons. The van der Waals surface area contributed by atoms with Gasteiger partial charge in [0.25, 0.3) is 5.91 Å². The standard InChI is InChI=1S/C15H25N5O/c1-18(2)7-6-16-13-4-5-14(17-12-13)15(21)20-10-8-19(3)9-11-20/h4-5,12,16H,6-11H2,1-3H3. The summed E-state index contributed by atoms with van der Waals surface area (Å²) in [4.78, 5) is 22.9. The Kier molecular flexibility index (Phi) is 5.52. The molecule has 0 aromatic carbocycles. The Labute approximate surface area is 126 Å². The second kappa shape index (κ2) is 7.38. The second-order valence-electron chi connectivity index (χ2n) is 5.76. The SMILES string of the molecule is CN(C)CCNc1ccc(C(=O)N2CCN(C)CC2)nc1. The van der Waals surface area contributed by atoms with Gasteiger partial charge in [-0.3, -0.25) is 4.79 Å². The fraction of sp³-hybridized carbons (Fsp3) is 0.600. The van der Waals surface area contributed by atoms with E-state index < -0.39 is 0 Å². The normalized spacial score (nSPS) is 16.3. The topological polar surface area (TPSA) is 51.7 Å². The first-order valence-corrected chi connectivity index (χ1v) is 7.39. The minimum Gasteiger partial charge on any atom is -0.383 e. The molecule has 0 saturated carbocycles. The molecule has 1 amide bonds. The maximum atomic E-state index is 12.3. The first-order valence-electron chi connectivity index (χ1n) is 7.39. The fourth-order valence-electron chi connectivity index (χ4n) is 2.22. The number of nitrogens with zero attached hydrogens (tertiary/aromatic N) is 4. The van der Waals surface area contributed by atoms with Gasteiger partial charge in [-0.15, -0.1) is 0 Å². The molecule has 1 fully saturated rings. The van der Waals surface area contributed by atoms with E-state index in [1.165, 1.54) is 0 Å². The number of carbonyl (C=O) groups is 1. The number of amides is 1. The molecule has 1 aliphatic rings. The lowest BCUT2D eigenvalue weighted by Crippen LogP contribution is -2.47. The zero-order valence-corrected chi connectivity index (χ0v) is 13.2. The zero-order valence-electron chi connectivity index (χ0n) is 13.2. The molecule has 1 aromatic rings. The third-order valence-corrected chi connectivity index (χ3v) is 3.66. The Bertz CT molecular complexity index is 452. The first-order chi connectivity index (χ1) is 10.1. The van der Waals surface area contributed by atoms with Crippen LogP contribution in [0.5, 0.6) is 0 Å². The molecule has 1 aliphatic heterocycles. The van der Waals surface area contributed by atoms with Gasteiger partial charge in [0.15, 0.2) is 0 Å². The number of aromatic nitrogens is 1. The minimum absolute atomic E-state index is 0.0305. The maximum Gasteiger partial charge on any atom is 0.272 e. The summed E-state index contributed by atoms with van der Waals surface area (Å²) in [6, 6.07) is 3.73. The summed E-state index contributed by atoms with van der Waals surface area (Å²) >= 11 is 0. The molecule has 21 heavy (non-hydrogen) atoms. The molecule has 6 heteroatoms. The number of likely N-dealkylation sites (N-methyl/N-ethyl adjacent to an activating group) is 2. The molecule has 6 nitrogen and oxygen atoms in total. The Morgan fingerprint density at radius 1 is 1.29 bits per heavy atom. The van der Waals surface area contributed by atoms with Crippen molar-refractivity contribution in [3.8, 4) is 0 Å². The third-order valence-electron chi connectivity index (χ3n) is 3.66. The molecule has 0 unspecified atom stereocenters. The van der Waals surface area contributed by atoms with Crippen LogP contribution in [0.4, 0.5) is 5.69 Å². The van der Waals surface area contributed by atoms with Crippen molar-refractivity contribution in [3.63, 3.8) is 0 Å². The summed E-state index contributed by atoms with van der Waals surface area (Å²) in [5.41, 5.74) is 1.48. The van der Waals surface area contributed by atoms with Crippen LogP contribution in [0.15, 0.2) is 18.3 Å². The van der Waals surface area contributed by atoms with Gasteiger partial charge in [-0.2, -0.15) is 0 Å². The van der Waals surface area contributed by atoms with Crippen molar-refractivity contribution < 1.29 is 4.79 Å². The van der Waals surface area contributed by atoms with Gasteiger partial charge < -0.3 is 20.0 Å². The van der Waals surface area contributed by atoms with E-state index in [1.54, 1.807) is 12.3 Å². The van der Waals surface area contributed by atoms with E-state index in [2.05, 4.69) is 27.1 Å². The number of hydrogen-bond donors (Lipinski definition) is 1. The van der Waals surface area contributed by atoms with Gasteiger partial charge in [0.2, 0.25) is 0 Å². The minimum atomic E-state index is 0.0305. The summed E-state index contributed by atoms with van der Waals surface area (Å²) in [5, 5.41) is 3.29. The summed E-state index contributed by atoms with van der Waals surface area (Å²) in [6.45, 7) is 5.23. The highest BCUT2D eigenvalue weighted by atomic mass is 16.2. The van der Waals surface area contributed by atoms with Gasteiger partial charge >= 0.3 is 0 Å². The molecule has 1 saturated heterocycles. The van der Waals surface area contributed by atoms with E-state index in [-0.39, 0.29) is 5.91 Å². The van der Waals surface area contributed by atoms with Crippen LogP contribution < -0.4 is 5.32 Å². The second-order valence-corrected chi connectivity index (χ2v) is 5.76. The first kappa shape index (κ1) is 15.7. The van der Waals surface area contributed by atoms with Gasteiger partial charge in [-0.25, -0.2) is 4.98 Å². The van der Waals surface area contributed by atoms with Crippen molar-refractivity contribution in [2.45, 2.75) is 0 Å². The number of piperazine rings is 1. The van der Waals surface area contributed by atoms with Gasteiger partial charge in [0.1, 0.15) is 5.69 Å². The molecule has 0 bridgehead atoms. The molecule has 0 spiro atoms. The van der Waals surface area contributed by atoms with Crippen LogP contribution in [0.1, 0.15) is 10.5 Å². The van der Waals surface area contributed by atoms with Crippen LogP contribution in [0, 0.1) is 0 Å². The Hall–Kier alpha value is -1.66. The highest BCUT2D eigenvalue weighted by Gasteiger charge is 2.20. The summed E-state index contributed by atoms with van der Waals surface area (Å²) < 4.78 is 0. The van der Waals surface area contributed by atoms with Crippen LogP contribution in [-0.2, 0) is 0 Å². The average molecular weight is 291 g/mol. The number of carbonyl (C=O) groups excluding carboxylic acids is 1. The van der Waals surface area contributed by atoms with Crippen molar-refractivity contribution in [1.29, 1.82) is 0 Å². The predicted octanol–water partition coefficient (Wildman–Crippen LogP) is 0.443. The number of hydrogen-bond acceptors (Lipinski definition) is 5. The van der Waals surface area contributed by atoms with Crippen molar-refractivity contribution >= 4 is 11.6 Å². The lowest BCUT2D eigenvalue weighted by molar-refractivity contribution is 0.0658. The predicted molar refractivity (Wildman–Crippen MR) is 84.7 cm³/mol. The number of pyridine rings is 1. The molecule has 0 aliphatic carbocycles. The van der Waals surface area contributed by atoms with Gasteiger partial charge in [0, 0.05) is 39.3 Å². The van der Waals surface area contributed by atoms with E-state index in [9.17, 15) is 4.79 Å². The quantitative estimate of drug-likeness (QED) is 0.853. The summed E-state index contributed by atoms with van der Waals surface area (Å²) in [5.74, 6) is 0.0305. The van der Waals surface area contributed by atoms with Crippen LogP contribution in [0.2, 0.25) is 0 Å². The van der Waals surface area contributed by atoms with Crippen LogP contribution >= 0.6 is 0 Å². The summed E-state index contributed by atoms with van der Waals surface area (Å²) in [6.07, 6.45) is 1.74. The molecule has 2 rings (SSSR count). The summed E-state index contributed by atoms with van der Waals surface area (Å²) in [7, 11) is 6.16.